The van der Waals surface area contributed by atoms with E-state index in [1.807, 2.05) is 37.4 Å². The van der Waals surface area contributed by atoms with Gasteiger partial charge >= 0.3 is 0 Å². The number of anilines is 1. The van der Waals surface area contributed by atoms with E-state index in [9.17, 15) is 0 Å². The second kappa shape index (κ2) is 5.54. The predicted molar refractivity (Wildman–Crippen MR) is 81.6 cm³/mol. The molecule has 3 N–H and O–H groups in total. The van der Waals surface area contributed by atoms with Gasteiger partial charge in [-0.3, -0.25) is 5.41 Å². The molecule has 0 fully saturated rings. The molecule has 0 amide bonds. The summed E-state index contributed by atoms with van der Waals surface area (Å²) < 4.78 is 1.13. The molecule has 0 saturated heterocycles. The summed E-state index contributed by atoms with van der Waals surface area (Å²) >= 11 is 5.18. The fourth-order valence-corrected chi connectivity index (χ4v) is 3.33. The molecule has 1 heterocycles. The minimum Gasteiger partial charge on any atom is -0.384 e. The highest BCUT2D eigenvalue weighted by molar-refractivity contribution is 9.11. The Balaban J connectivity index is 2.23. The Morgan fingerprint density at radius 3 is 2.67 bits per heavy atom. The largest absolute Gasteiger partial charge is 0.384 e. The minimum atomic E-state index is 0.102. The van der Waals surface area contributed by atoms with Crippen LogP contribution in [-0.4, -0.2) is 12.9 Å². The number of benzene rings is 1. The molecule has 0 aliphatic rings. The van der Waals surface area contributed by atoms with E-state index in [1.54, 1.807) is 11.3 Å². The van der Waals surface area contributed by atoms with E-state index in [2.05, 4.69) is 26.9 Å². The quantitative estimate of drug-likeness (QED) is 0.669. The molecule has 0 aliphatic carbocycles. The maximum absolute atomic E-state index is 7.60. The molecule has 94 valence electrons. The van der Waals surface area contributed by atoms with E-state index in [1.165, 1.54) is 4.88 Å². The van der Waals surface area contributed by atoms with Crippen LogP contribution in [0.3, 0.4) is 0 Å². The van der Waals surface area contributed by atoms with Gasteiger partial charge in [0, 0.05) is 23.2 Å². The summed E-state index contributed by atoms with van der Waals surface area (Å²) in [6, 6.07) is 11.9. The first-order valence-electron chi connectivity index (χ1n) is 5.46. The number of amidine groups is 1. The Morgan fingerprint density at radius 2 is 2.06 bits per heavy atom. The number of thiophene rings is 1. The third-order valence-electron chi connectivity index (χ3n) is 2.63. The van der Waals surface area contributed by atoms with Gasteiger partial charge in [-0.25, -0.2) is 0 Å². The molecule has 0 radical (unpaired) electrons. The number of para-hydroxylation sites is 1. The topological polar surface area (TPSA) is 53.1 Å². The van der Waals surface area contributed by atoms with Crippen LogP contribution >= 0.6 is 27.3 Å². The maximum atomic E-state index is 7.60. The van der Waals surface area contributed by atoms with Crippen LogP contribution < -0.4 is 10.6 Å². The Hall–Kier alpha value is -1.33. The molecule has 0 saturated carbocycles. The smallest absolute Gasteiger partial charge is 0.124 e. The molecule has 0 spiro atoms. The Labute approximate surface area is 119 Å². The van der Waals surface area contributed by atoms with Gasteiger partial charge in [-0.15, -0.1) is 11.3 Å². The van der Waals surface area contributed by atoms with Crippen molar-refractivity contribution in [1.29, 1.82) is 5.41 Å². The van der Waals surface area contributed by atoms with Crippen LogP contribution in [0.4, 0.5) is 5.69 Å². The third-order valence-corrected chi connectivity index (χ3v) is 4.24. The first-order chi connectivity index (χ1) is 8.58. The Bertz CT molecular complexity index is 565. The van der Waals surface area contributed by atoms with Crippen LogP contribution in [0.5, 0.6) is 0 Å². The van der Waals surface area contributed by atoms with Crippen molar-refractivity contribution in [2.24, 2.45) is 5.73 Å². The zero-order valence-corrected chi connectivity index (χ0v) is 12.4. The second-order valence-electron chi connectivity index (χ2n) is 3.99. The van der Waals surface area contributed by atoms with Crippen LogP contribution in [0.25, 0.3) is 0 Å². The summed E-state index contributed by atoms with van der Waals surface area (Å²) in [6.45, 7) is 0.806. The lowest BCUT2D eigenvalue weighted by Crippen LogP contribution is -2.21. The summed E-state index contributed by atoms with van der Waals surface area (Å²) in [6.07, 6.45) is 0. The molecule has 0 unspecified atom stereocenters. The lowest BCUT2D eigenvalue weighted by Gasteiger charge is -2.21. The van der Waals surface area contributed by atoms with Gasteiger partial charge in [0.05, 0.1) is 10.3 Å². The van der Waals surface area contributed by atoms with E-state index in [0.717, 1.165) is 21.6 Å². The molecular formula is C13H14BrN3S. The average molecular weight is 324 g/mol. The normalized spacial score (nSPS) is 10.3. The lowest BCUT2D eigenvalue weighted by atomic mass is 10.1. The van der Waals surface area contributed by atoms with Crippen molar-refractivity contribution in [3.05, 3.63) is 50.6 Å². The van der Waals surface area contributed by atoms with Gasteiger partial charge in [-0.05, 0) is 40.2 Å². The number of nitrogens with two attached hydrogens (primary N) is 1. The fourth-order valence-electron chi connectivity index (χ4n) is 1.79. The molecular weight excluding hydrogens is 310 g/mol. The zero-order chi connectivity index (χ0) is 13.1. The van der Waals surface area contributed by atoms with Gasteiger partial charge < -0.3 is 10.6 Å². The van der Waals surface area contributed by atoms with Crippen molar-refractivity contribution >= 4 is 38.8 Å². The standard InChI is InChI=1S/C13H14BrN3S/c1-17(8-9-6-7-12(14)18-9)11-5-3-2-4-10(11)13(15)16/h2-7H,8H2,1H3,(H3,15,16). The highest BCUT2D eigenvalue weighted by atomic mass is 79.9. The van der Waals surface area contributed by atoms with Crippen LogP contribution in [0, 0.1) is 5.41 Å². The minimum absolute atomic E-state index is 0.102. The van der Waals surface area contributed by atoms with Crippen molar-refractivity contribution in [1.82, 2.24) is 0 Å². The summed E-state index contributed by atoms with van der Waals surface area (Å²) in [5.74, 6) is 0.102. The first kappa shape index (κ1) is 13.1. The number of halogens is 1. The summed E-state index contributed by atoms with van der Waals surface area (Å²) in [5, 5.41) is 7.60. The maximum Gasteiger partial charge on any atom is 0.124 e. The summed E-state index contributed by atoms with van der Waals surface area (Å²) in [4.78, 5) is 3.37. The zero-order valence-electron chi connectivity index (χ0n) is 9.98. The van der Waals surface area contributed by atoms with Gasteiger partial charge in [-0.2, -0.15) is 0 Å². The third kappa shape index (κ3) is 2.91. The first-order valence-corrected chi connectivity index (χ1v) is 7.07. The molecule has 0 atom stereocenters. The highest BCUT2D eigenvalue weighted by Gasteiger charge is 2.10. The second-order valence-corrected chi connectivity index (χ2v) is 6.54. The number of rotatable bonds is 4. The number of nitrogens with zero attached hydrogens (tertiary/aromatic N) is 1. The van der Waals surface area contributed by atoms with Crippen molar-refractivity contribution in [2.75, 3.05) is 11.9 Å². The van der Waals surface area contributed by atoms with E-state index in [0.29, 0.717) is 0 Å². The van der Waals surface area contributed by atoms with Crippen LogP contribution in [0.1, 0.15) is 10.4 Å². The molecule has 5 heteroatoms. The lowest BCUT2D eigenvalue weighted by molar-refractivity contribution is 0.938. The molecule has 2 rings (SSSR count). The molecule has 0 aliphatic heterocycles. The van der Waals surface area contributed by atoms with Gasteiger partial charge in [0.2, 0.25) is 0 Å². The van der Waals surface area contributed by atoms with Gasteiger partial charge in [0.15, 0.2) is 0 Å². The van der Waals surface area contributed by atoms with Crippen LogP contribution in [0.15, 0.2) is 40.2 Å². The van der Waals surface area contributed by atoms with Crippen LogP contribution in [-0.2, 0) is 6.54 Å². The summed E-state index contributed by atoms with van der Waals surface area (Å²) in [7, 11) is 2.01. The van der Waals surface area contributed by atoms with Gasteiger partial charge in [0.25, 0.3) is 0 Å². The highest BCUT2D eigenvalue weighted by Crippen LogP contribution is 2.26. The number of hydrogen-bond acceptors (Lipinski definition) is 3. The van der Waals surface area contributed by atoms with Gasteiger partial charge in [0.1, 0.15) is 5.84 Å². The molecule has 1 aromatic heterocycles. The predicted octanol–water partition coefficient (Wildman–Crippen LogP) is 3.43. The van der Waals surface area contributed by atoms with E-state index >= 15 is 0 Å². The molecule has 0 bridgehead atoms. The van der Waals surface area contributed by atoms with Crippen molar-refractivity contribution in [3.63, 3.8) is 0 Å². The Morgan fingerprint density at radius 1 is 1.33 bits per heavy atom. The number of hydrogen-bond donors (Lipinski definition) is 2. The fraction of sp³-hybridized carbons (Fsp3) is 0.154. The van der Waals surface area contributed by atoms with Crippen molar-refractivity contribution < 1.29 is 0 Å². The van der Waals surface area contributed by atoms with Gasteiger partial charge in [-0.1, -0.05) is 12.1 Å². The SMILES string of the molecule is CN(Cc1ccc(Br)s1)c1ccccc1C(=N)N. The van der Waals surface area contributed by atoms with Crippen molar-refractivity contribution in [2.45, 2.75) is 6.54 Å². The number of nitrogens with one attached hydrogen (secondary N) is 1. The van der Waals surface area contributed by atoms with E-state index in [4.69, 9.17) is 11.1 Å². The average Bonchev–Trinajstić information content (AvgIpc) is 2.74. The summed E-state index contributed by atoms with van der Waals surface area (Å²) in [5.41, 5.74) is 7.36. The van der Waals surface area contributed by atoms with Crippen molar-refractivity contribution in [3.8, 4) is 0 Å². The molecule has 2 aromatic rings. The molecule has 18 heavy (non-hydrogen) atoms. The number of nitrogen functional groups attached to an aromatic ring is 1. The monoisotopic (exact) mass is 323 g/mol. The van der Waals surface area contributed by atoms with E-state index in [-0.39, 0.29) is 5.84 Å². The molecule has 1 aromatic carbocycles. The molecule has 3 nitrogen and oxygen atoms in total. The van der Waals surface area contributed by atoms with Crippen LogP contribution in [0.2, 0.25) is 0 Å². The van der Waals surface area contributed by atoms with E-state index < -0.39 is 0 Å². The Kier molecular flexibility index (Phi) is 4.04.